The molecule has 1 aliphatic rings. The van der Waals surface area contributed by atoms with Gasteiger partial charge in [-0.1, -0.05) is 83.9 Å². The third-order valence-corrected chi connectivity index (χ3v) is 8.09. The summed E-state index contributed by atoms with van der Waals surface area (Å²) in [6.07, 6.45) is 7.56. The summed E-state index contributed by atoms with van der Waals surface area (Å²) < 4.78 is 0. The molecule has 37 heavy (non-hydrogen) atoms. The molecular formula is C30H30Cl3N3S. The number of nitrogens with zero attached hydrogens (tertiary/aromatic N) is 2. The molecule has 4 rings (SSSR count). The van der Waals surface area contributed by atoms with E-state index in [1.165, 1.54) is 11.1 Å². The Morgan fingerprint density at radius 1 is 1.08 bits per heavy atom. The van der Waals surface area contributed by atoms with Crippen molar-refractivity contribution in [3.8, 4) is 11.3 Å². The number of nitrogens with one attached hydrogen (secondary N) is 1. The van der Waals surface area contributed by atoms with Gasteiger partial charge in [0, 0.05) is 46.3 Å². The van der Waals surface area contributed by atoms with Gasteiger partial charge in [0.05, 0.1) is 10.7 Å². The van der Waals surface area contributed by atoms with Crippen molar-refractivity contribution in [2.24, 2.45) is 0 Å². The molecule has 0 atom stereocenters. The van der Waals surface area contributed by atoms with E-state index in [0.29, 0.717) is 16.6 Å². The quantitative estimate of drug-likeness (QED) is 0.184. The molecule has 2 aromatic carbocycles. The SMILES string of the molecule is C=CCCNC(=C)c1ccc(CN(CC2=CC(Cl)=C(Cl)CCC2)c2nc(-c3cccc(Cl)c3)cs2)cc1. The topological polar surface area (TPSA) is 28.2 Å². The van der Waals surface area contributed by atoms with Gasteiger partial charge in [-0.15, -0.1) is 17.9 Å². The molecule has 0 aliphatic heterocycles. The van der Waals surface area contributed by atoms with Crippen molar-refractivity contribution in [1.29, 1.82) is 0 Å². The number of anilines is 1. The van der Waals surface area contributed by atoms with Crippen molar-refractivity contribution in [3.05, 3.63) is 111 Å². The normalized spacial score (nSPS) is 13.6. The number of hydrogen-bond acceptors (Lipinski definition) is 4. The van der Waals surface area contributed by atoms with Gasteiger partial charge in [0.25, 0.3) is 0 Å². The van der Waals surface area contributed by atoms with E-state index in [0.717, 1.165) is 71.5 Å². The highest BCUT2D eigenvalue weighted by atomic mass is 35.5. The standard InChI is InChI=1S/C30H30Cl3N3S/c1-3-4-15-34-21(2)24-13-11-22(12-14-24)18-36(19-23-7-5-10-27(32)28(33)16-23)30-35-29(20-37-30)25-8-6-9-26(31)17-25/h3,6,8-9,11-14,16-17,20,34H,1-2,4-5,7,10,15,18-19H2. The Morgan fingerprint density at radius 2 is 1.89 bits per heavy atom. The molecule has 0 amide bonds. The minimum absolute atomic E-state index is 0.639. The smallest absolute Gasteiger partial charge is 0.186 e. The van der Waals surface area contributed by atoms with E-state index in [1.807, 2.05) is 36.4 Å². The van der Waals surface area contributed by atoms with E-state index < -0.39 is 0 Å². The van der Waals surface area contributed by atoms with Gasteiger partial charge in [0.15, 0.2) is 5.13 Å². The number of thiazole rings is 1. The molecule has 1 N–H and O–H groups in total. The van der Waals surface area contributed by atoms with Crippen LogP contribution < -0.4 is 10.2 Å². The average Bonchev–Trinajstić information content (AvgIpc) is 3.33. The Bertz CT molecular complexity index is 1310. The van der Waals surface area contributed by atoms with Crippen LogP contribution in [-0.4, -0.2) is 18.1 Å². The minimum atomic E-state index is 0.639. The lowest BCUT2D eigenvalue weighted by Gasteiger charge is -2.24. The van der Waals surface area contributed by atoms with Crippen LogP contribution in [0.2, 0.25) is 5.02 Å². The van der Waals surface area contributed by atoms with Crippen LogP contribution in [0.25, 0.3) is 17.0 Å². The number of benzene rings is 2. The molecule has 1 heterocycles. The van der Waals surface area contributed by atoms with Gasteiger partial charge in [-0.25, -0.2) is 4.98 Å². The fourth-order valence-electron chi connectivity index (χ4n) is 4.13. The summed E-state index contributed by atoms with van der Waals surface area (Å²) in [6.45, 7) is 10.2. The summed E-state index contributed by atoms with van der Waals surface area (Å²) in [7, 11) is 0. The summed E-state index contributed by atoms with van der Waals surface area (Å²) >= 11 is 20.7. The molecular weight excluding hydrogens is 541 g/mol. The highest BCUT2D eigenvalue weighted by molar-refractivity contribution is 7.14. The van der Waals surface area contributed by atoms with Gasteiger partial charge in [-0.3, -0.25) is 0 Å². The summed E-state index contributed by atoms with van der Waals surface area (Å²) in [4.78, 5) is 7.29. The van der Waals surface area contributed by atoms with Crippen molar-refractivity contribution >= 4 is 57.0 Å². The molecule has 0 spiro atoms. The van der Waals surface area contributed by atoms with Gasteiger partial charge < -0.3 is 10.2 Å². The molecule has 3 nitrogen and oxygen atoms in total. The molecule has 7 heteroatoms. The third-order valence-electron chi connectivity index (χ3n) is 6.12. The lowest BCUT2D eigenvalue weighted by Crippen LogP contribution is -2.25. The lowest BCUT2D eigenvalue weighted by molar-refractivity contribution is 0.768. The maximum absolute atomic E-state index is 6.46. The van der Waals surface area contributed by atoms with E-state index in [-0.39, 0.29) is 0 Å². The number of allylic oxidation sites excluding steroid dienone is 3. The Morgan fingerprint density at radius 3 is 2.65 bits per heavy atom. The first-order chi connectivity index (χ1) is 17.9. The zero-order valence-electron chi connectivity index (χ0n) is 20.7. The van der Waals surface area contributed by atoms with E-state index in [2.05, 4.69) is 53.0 Å². The number of hydrogen-bond donors (Lipinski definition) is 1. The van der Waals surface area contributed by atoms with Crippen molar-refractivity contribution < 1.29 is 0 Å². The van der Waals surface area contributed by atoms with Crippen molar-refractivity contribution in [3.63, 3.8) is 0 Å². The molecule has 0 unspecified atom stereocenters. The second-order valence-electron chi connectivity index (χ2n) is 8.97. The molecule has 1 aromatic heterocycles. The molecule has 0 bridgehead atoms. The number of rotatable bonds is 11. The van der Waals surface area contributed by atoms with Crippen LogP contribution in [0.15, 0.2) is 94.9 Å². The first-order valence-electron chi connectivity index (χ1n) is 12.3. The second-order valence-corrected chi connectivity index (χ2v) is 11.1. The molecule has 0 saturated heterocycles. The predicted molar refractivity (Wildman–Crippen MR) is 163 cm³/mol. The van der Waals surface area contributed by atoms with Crippen LogP contribution in [0.4, 0.5) is 5.13 Å². The first kappa shape index (κ1) is 27.5. The van der Waals surface area contributed by atoms with Crippen molar-refractivity contribution in [1.82, 2.24) is 10.3 Å². The van der Waals surface area contributed by atoms with Crippen molar-refractivity contribution in [2.75, 3.05) is 18.0 Å². The Labute approximate surface area is 238 Å². The van der Waals surface area contributed by atoms with Crippen LogP contribution >= 0.6 is 46.1 Å². The Hall–Kier alpha value is -2.50. The molecule has 0 saturated carbocycles. The minimum Gasteiger partial charge on any atom is -0.385 e. The summed E-state index contributed by atoms with van der Waals surface area (Å²) in [5.74, 6) is 0. The van der Waals surface area contributed by atoms with Crippen LogP contribution in [0.3, 0.4) is 0 Å². The van der Waals surface area contributed by atoms with Gasteiger partial charge >= 0.3 is 0 Å². The van der Waals surface area contributed by atoms with Crippen LogP contribution in [-0.2, 0) is 6.54 Å². The maximum Gasteiger partial charge on any atom is 0.186 e. The zero-order valence-corrected chi connectivity index (χ0v) is 23.7. The molecule has 192 valence electrons. The van der Waals surface area contributed by atoms with Crippen molar-refractivity contribution in [2.45, 2.75) is 32.2 Å². The fourth-order valence-corrected chi connectivity index (χ4v) is 5.59. The fraction of sp³-hybridized carbons (Fsp3) is 0.233. The van der Waals surface area contributed by atoms with Crippen LogP contribution in [0, 0.1) is 0 Å². The van der Waals surface area contributed by atoms with Crippen LogP contribution in [0.5, 0.6) is 0 Å². The van der Waals surface area contributed by atoms with Gasteiger partial charge in [0.1, 0.15) is 0 Å². The molecule has 3 aromatic rings. The average molecular weight is 571 g/mol. The van der Waals surface area contributed by atoms with E-state index in [9.17, 15) is 0 Å². The maximum atomic E-state index is 6.46. The zero-order chi connectivity index (χ0) is 26.2. The van der Waals surface area contributed by atoms with E-state index in [1.54, 1.807) is 11.3 Å². The lowest BCUT2D eigenvalue weighted by atomic mass is 10.1. The summed E-state index contributed by atoms with van der Waals surface area (Å²) in [5.41, 5.74) is 6.36. The van der Waals surface area contributed by atoms with E-state index in [4.69, 9.17) is 39.8 Å². The second kappa shape index (κ2) is 13.3. The molecule has 1 aliphatic carbocycles. The molecule has 0 fully saturated rings. The van der Waals surface area contributed by atoms with Gasteiger partial charge in [0.2, 0.25) is 0 Å². The summed E-state index contributed by atoms with van der Waals surface area (Å²) in [5, 5.41) is 8.46. The number of aromatic nitrogens is 1. The largest absolute Gasteiger partial charge is 0.385 e. The summed E-state index contributed by atoms with van der Waals surface area (Å²) in [6, 6.07) is 16.3. The highest BCUT2D eigenvalue weighted by Gasteiger charge is 2.17. The van der Waals surface area contributed by atoms with E-state index >= 15 is 0 Å². The number of halogens is 3. The predicted octanol–water partition coefficient (Wildman–Crippen LogP) is 9.41. The first-order valence-corrected chi connectivity index (χ1v) is 14.3. The van der Waals surface area contributed by atoms with Gasteiger partial charge in [-0.05, 0) is 60.6 Å². The Kier molecular flexibility index (Phi) is 9.93. The third kappa shape index (κ3) is 7.75. The van der Waals surface area contributed by atoms with Gasteiger partial charge in [-0.2, -0.15) is 0 Å². The Balaban J connectivity index is 1.57. The van der Waals surface area contributed by atoms with Crippen LogP contribution in [0.1, 0.15) is 36.8 Å². The molecule has 0 radical (unpaired) electrons. The monoisotopic (exact) mass is 569 g/mol. The highest BCUT2D eigenvalue weighted by Crippen LogP contribution is 2.33.